The number of hydrogen-bond acceptors (Lipinski definition) is 3. The zero-order valence-corrected chi connectivity index (χ0v) is 14.2. The summed E-state index contributed by atoms with van der Waals surface area (Å²) in [6.07, 6.45) is 2.92. The summed E-state index contributed by atoms with van der Waals surface area (Å²) in [5.41, 5.74) is 1.21. The SMILES string of the molecule is O=C(C=Cc1ccccc1Cl)Nc1nc(-c2ccc(F)cc2F)cs1. The van der Waals surface area contributed by atoms with Crippen LogP contribution >= 0.6 is 22.9 Å². The third-order valence-corrected chi connectivity index (χ3v) is 4.36. The van der Waals surface area contributed by atoms with Crippen LogP contribution in [0.1, 0.15) is 5.56 Å². The number of carbonyl (C=O) groups is 1. The summed E-state index contributed by atoms with van der Waals surface area (Å²) >= 11 is 7.16. The number of anilines is 1. The monoisotopic (exact) mass is 376 g/mol. The van der Waals surface area contributed by atoms with Crippen molar-refractivity contribution in [3.05, 3.63) is 76.1 Å². The molecule has 3 nitrogen and oxygen atoms in total. The molecular weight excluding hydrogens is 366 g/mol. The highest BCUT2D eigenvalue weighted by Gasteiger charge is 2.11. The van der Waals surface area contributed by atoms with Gasteiger partial charge in [-0.2, -0.15) is 0 Å². The minimum absolute atomic E-state index is 0.171. The predicted molar refractivity (Wildman–Crippen MR) is 96.6 cm³/mol. The van der Waals surface area contributed by atoms with Crippen molar-refractivity contribution in [1.82, 2.24) is 4.98 Å². The van der Waals surface area contributed by atoms with Crippen molar-refractivity contribution < 1.29 is 13.6 Å². The Balaban J connectivity index is 1.71. The van der Waals surface area contributed by atoms with E-state index in [4.69, 9.17) is 11.6 Å². The molecule has 3 rings (SSSR count). The summed E-state index contributed by atoms with van der Waals surface area (Å²) in [5, 5.41) is 5.03. The Kier molecular flexibility index (Phi) is 5.21. The van der Waals surface area contributed by atoms with Gasteiger partial charge >= 0.3 is 0 Å². The predicted octanol–water partition coefficient (Wildman–Crippen LogP) is 5.39. The van der Waals surface area contributed by atoms with Crippen molar-refractivity contribution in [3.63, 3.8) is 0 Å². The van der Waals surface area contributed by atoms with Gasteiger partial charge in [-0.3, -0.25) is 10.1 Å². The summed E-state index contributed by atoms with van der Waals surface area (Å²) in [4.78, 5) is 16.1. The molecule has 7 heteroatoms. The van der Waals surface area contributed by atoms with Crippen LogP contribution < -0.4 is 5.32 Å². The third kappa shape index (κ3) is 4.29. The Bertz CT molecular complexity index is 956. The average molecular weight is 377 g/mol. The lowest BCUT2D eigenvalue weighted by molar-refractivity contribution is -0.111. The number of amides is 1. The van der Waals surface area contributed by atoms with Gasteiger partial charge in [0.1, 0.15) is 11.6 Å². The smallest absolute Gasteiger partial charge is 0.250 e. The van der Waals surface area contributed by atoms with Crippen LogP contribution in [0.3, 0.4) is 0 Å². The van der Waals surface area contributed by atoms with Gasteiger partial charge in [0, 0.05) is 28.1 Å². The van der Waals surface area contributed by atoms with Crippen LogP contribution in [0.4, 0.5) is 13.9 Å². The lowest BCUT2D eigenvalue weighted by Crippen LogP contribution is -2.07. The first-order valence-electron chi connectivity index (χ1n) is 7.17. The number of hydrogen-bond donors (Lipinski definition) is 1. The Hall–Kier alpha value is -2.57. The fourth-order valence-corrected chi connectivity index (χ4v) is 2.99. The third-order valence-electron chi connectivity index (χ3n) is 3.26. The van der Waals surface area contributed by atoms with E-state index in [1.54, 1.807) is 29.7 Å². The molecule has 1 amide bonds. The van der Waals surface area contributed by atoms with Crippen LogP contribution in [-0.4, -0.2) is 10.9 Å². The molecule has 0 fully saturated rings. The van der Waals surface area contributed by atoms with Crippen molar-refractivity contribution in [3.8, 4) is 11.3 Å². The molecule has 25 heavy (non-hydrogen) atoms. The molecule has 0 bridgehead atoms. The van der Waals surface area contributed by atoms with Crippen molar-refractivity contribution in [2.75, 3.05) is 5.32 Å². The fraction of sp³-hybridized carbons (Fsp3) is 0. The molecule has 0 aliphatic carbocycles. The maximum atomic E-state index is 13.8. The van der Waals surface area contributed by atoms with Gasteiger partial charge in [0.25, 0.3) is 0 Å². The molecule has 1 aromatic heterocycles. The number of aromatic nitrogens is 1. The molecule has 0 aliphatic rings. The molecule has 126 valence electrons. The van der Waals surface area contributed by atoms with Crippen LogP contribution in [0.2, 0.25) is 5.02 Å². The number of nitrogens with one attached hydrogen (secondary N) is 1. The van der Waals surface area contributed by atoms with Crippen molar-refractivity contribution in [2.45, 2.75) is 0 Å². The Morgan fingerprint density at radius 3 is 2.76 bits per heavy atom. The number of carbonyl (C=O) groups excluding carboxylic acids is 1. The second-order valence-corrected chi connectivity index (χ2v) is 6.27. The van der Waals surface area contributed by atoms with Crippen molar-refractivity contribution in [2.24, 2.45) is 0 Å². The first-order chi connectivity index (χ1) is 12.0. The van der Waals surface area contributed by atoms with E-state index in [1.807, 2.05) is 6.07 Å². The van der Waals surface area contributed by atoms with Crippen molar-refractivity contribution >= 4 is 40.1 Å². The maximum Gasteiger partial charge on any atom is 0.250 e. The van der Waals surface area contributed by atoms with Crippen molar-refractivity contribution in [1.29, 1.82) is 0 Å². The summed E-state index contributed by atoms with van der Waals surface area (Å²) in [5.74, 6) is -1.75. The number of halogens is 3. The van der Waals surface area contributed by atoms with Gasteiger partial charge in [0.2, 0.25) is 5.91 Å². The maximum absolute atomic E-state index is 13.8. The Labute approximate surface area is 151 Å². The van der Waals surface area contributed by atoms with E-state index >= 15 is 0 Å². The molecule has 0 spiro atoms. The van der Waals surface area contributed by atoms with Crippen LogP contribution in [0.15, 0.2) is 53.9 Å². The molecule has 0 aliphatic heterocycles. The standard InChI is InChI=1S/C18H11ClF2N2OS/c19-14-4-2-1-3-11(14)5-8-17(24)23-18-22-16(10-25-18)13-7-6-12(20)9-15(13)21/h1-10H,(H,22,23,24). The molecule has 0 unspecified atom stereocenters. The van der Waals surface area contributed by atoms with E-state index in [0.29, 0.717) is 21.4 Å². The quantitative estimate of drug-likeness (QED) is 0.620. The van der Waals surface area contributed by atoms with E-state index < -0.39 is 11.6 Å². The number of benzene rings is 2. The molecular formula is C18H11ClF2N2OS. The molecule has 1 N–H and O–H groups in total. The van der Waals surface area contributed by atoms with E-state index in [9.17, 15) is 13.6 Å². The topological polar surface area (TPSA) is 42.0 Å². The van der Waals surface area contributed by atoms with Gasteiger partial charge in [-0.15, -0.1) is 11.3 Å². The molecule has 0 saturated heterocycles. The summed E-state index contributed by atoms with van der Waals surface area (Å²) in [7, 11) is 0. The van der Waals surface area contributed by atoms with Crippen LogP contribution in [0, 0.1) is 11.6 Å². The molecule has 0 radical (unpaired) electrons. The highest BCUT2D eigenvalue weighted by Crippen LogP contribution is 2.27. The minimum atomic E-state index is -0.707. The summed E-state index contributed by atoms with van der Waals surface area (Å²) in [6, 6.07) is 10.4. The second kappa shape index (κ2) is 7.55. The molecule has 0 saturated carbocycles. The summed E-state index contributed by atoms with van der Waals surface area (Å²) < 4.78 is 26.7. The second-order valence-electron chi connectivity index (χ2n) is 5.01. The van der Waals surface area contributed by atoms with Crippen LogP contribution in [0.5, 0.6) is 0 Å². The van der Waals surface area contributed by atoms with E-state index in [2.05, 4.69) is 10.3 Å². The average Bonchev–Trinajstić information content (AvgIpc) is 3.02. The van der Waals surface area contributed by atoms with Gasteiger partial charge in [0.05, 0.1) is 5.69 Å². The fourth-order valence-electron chi connectivity index (χ4n) is 2.07. The molecule has 0 atom stereocenters. The number of nitrogens with zero attached hydrogens (tertiary/aromatic N) is 1. The van der Waals surface area contributed by atoms with Gasteiger partial charge in [-0.1, -0.05) is 29.8 Å². The Morgan fingerprint density at radius 1 is 1.20 bits per heavy atom. The number of thiazole rings is 1. The normalized spacial score (nSPS) is 11.0. The first kappa shape index (κ1) is 17.3. The lowest BCUT2D eigenvalue weighted by atomic mass is 10.1. The van der Waals surface area contributed by atoms with E-state index in [0.717, 1.165) is 23.5 Å². The zero-order valence-electron chi connectivity index (χ0n) is 12.7. The van der Waals surface area contributed by atoms with Gasteiger partial charge in [-0.25, -0.2) is 13.8 Å². The van der Waals surface area contributed by atoms with E-state index in [1.165, 1.54) is 12.1 Å². The largest absolute Gasteiger partial charge is 0.298 e. The highest BCUT2D eigenvalue weighted by atomic mass is 35.5. The number of rotatable bonds is 4. The molecule has 1 heterocycles. The Morgan fingerprint density at radius 2 is 2.00 bits per heavy atom. The molecule has 3 aromatic rings. The first-order valence-corrected chi connectivity index (χ1v) is 8.43. The zero-order chi connectivity index (χ0) is 17.8. The van der Waals surface area contributed by atoms with Gasteiger partial charge in [0.15, 0.2) is 5.13 Å². The van der Waals surface area contributed by atoms with Crippen LogP contribution in [0.25, 0.3) is 17.3 Å². The minimum Gasteiger partial charge on any atom is -0.298 e. The van der Waals surface area contributed by atoms with Gasteiger partial charge in [-0.05, 0) is 29.8 Å². The van der Waals surface area contributed by atoms with Crippen LogP contribution in [-0.2, 0) is 4.79 Å². The summed E-state index contributed by atoms with van der Waals surface area (Å²) in [6.45, 7) is 0. The lowest BCUT2D eigenvalue weighted by Gasteiger charge is -2.00. The van der Waals surface area contributed by atoms with Gasteiger partial charge < -0.3 is 0 Å². The van der Waals surface area contributed by atoms with E-state index in [-0.39, 0.29) is 11.5 Å². The highest BCUT2D eigenvalue weighted by molar-refractivity contribution is 7.14. The molecule has 2 aromatic carbocycles.